The Bertz CT molecular complexity index is 1350. The van der Waals surface area contributed by atoms with Gasteiger partial charge in [-0.15, -0.1) is 0 Å². The summed E-state index contributed by atoms with van der Waals surface area (Å²) in [6.07, 6.45) is 4.57. The Kier molecular flexibility index (Phi) is 5.23. The first-order valence-electron chi connectivity index (χ1n) is 10.1. The number of para-hydroxylation sites is 1. The maximum Gasteiger partial charge on any atom is 0.289 e. The van der Waals surface area contributed by atoms with Gasteiger partial charge in [-0.3, -0.25) is 19.6 Å². The number of fused-ring (bicyclic) bond motifs is 2. The van der Waals surface area contributed by atoms with Gasteiger partial charge in [-0.1, -0.05) is 18.2 Å². The third-order valence-corrected chi connectivity index (χ3v) is 5.05. The summed E-state index contributed by atoms with van der Waals surface area (Å²) >= 11 is 0. The fourth-order valence-electron chi connectivity index (χ4n) is 3.40. The number of rotatable bonds is 4. The third-order valence-electron chi connectivity index (χ3n) is 5.05. The molecule has 1 aliphatic rings. The number of ether oxygens (including phenoxy) is 2. The molecule has 2 aromatic carbocycles. The molecule has 4 aromatic rings. The predicted octanol–water partition coefficient (Wildman–Crippen LogP) is 2.37. The molecule has 1 atom stereocenters. The Hall–Kier alpha value is -4.60. The summed E-state index contributed by atoms with van der Waals surface area (Å²) in [4.78, 5) is 44.0. The zero-order valence-electron chi connectivity index (χ0n) is 17.5. The van der Waals surface area contributed by atoms with Gasteiger partial charge in [0, 0.05) is 37.8 Å². The molecular weight excluding hydrogens is 424 g/mol. The molecule has 5 rings (SSSR count). The lowest BCUT2D eigenvalue weighted by atomic mass is 10.2. The van der Waals surface area contributed by atoms with Crippen LogP contribution < -0.4 is 19.7 Å². The highest BCUT2D eigenvalue weighted by molar-refractivity contribution is 6.03. The highest BCUT2D eigenvalue weighted by Gasteiger charge is 2.32. The van der Waals surface area contributed by atoms with E-state index in [1.54, 1.807) is 49.8 Å². The molecule has 10 heteroatoms. The number of aromatic nitrogens is 4. The van der Waals surface area contributed by atoms with E-state index >= 15 is 0 Å². The van der Waals surface area contributed by atoms with Gasteiger partial charge in [0.2, 0.25) is 11.7 Å². The minimum Gasteiger partial charge on any atom is -0.489 e. The smallest absolute Gasteiger partial charge is 0.289 e. The Labute approximate surface area is 188 Å². The molecule has 2 amide bonds. The molecule has 1 aliphatic heterocycles. The summed E-state index contributed by atoms with van der Waals surface area (Å²) in [5, 5.41) is 2.66. The fourth-order valence-corrected chi connectivity index (χ4v) is 3.40. The van der Waals surface area contributed by atoms with E-state index in [4.69, 9.17) is 9.47 Å². The van der Waals surface area contributed by atoms with Gasteiger partial charge in [-0.2, -0.15) is 4.98 Å². The van der Waals surface area contributed by atoms with Crippen molar-refractivity contribution in [1.82, 2.24) is 25.3 Å². The highest BCUT2D eigenvalue weighted by Crippen LogP contribution is 2.33. The normalized spacial score (nSPS) is 15.4. The second kappa shape index (κ2) is 8.50. The van der Waals surface area contributed by atoms with Crippen molar-refractivity contribution in [3.8, 4) is 17.4 Å². The topological polar surface area (TPSA) is 119 Å². The zero-order chi connectivity index (χ0) is 22.8. The van der Waals surface area contributed by atoms with Crippen LogP contribution in [-0.2, 0) is 4.79 Å². The van der Waals surface area contributed by atoms with Gasteiger partial charge in [-0.25, -0.2) is 4.98 Å². The molecule has 10 nitrogen and oxygen atoms in total. The lowest BCUT2D eigenvalue weighted by molar-refractivity contribution is -0.120. The number of carbonyl (C=O) groups is 2. The Morgan fingerprint density at radius 3 is 2.61 bits per heavy atom. The van der Waals surface area contributed by atoms with E-state index in [9.17, 15) is 9.59 Å². The largest absolute Gasteiger partial charge is 0.489 e. The molecule has 0 aliphatic carbocycles. The Morgan fingerprint density at radius 1 is 1.06 bits per heavy atom. The maximum absolute atomic E-state index is 13.0. The van der Waals surface area contributed by atoms with Crippen LogP contribution >= 0.6 is 0 Å². The average Bonchev–Trinajstić information content (AvgIpc) is 2.95. The minimum absolute atomic E-state index is 0.0616. The van der Waals surface area contributed by atoms with Crippen molar-refractivity contribution >= 4 is 28.5 Å². The van der Waals surface area contributed by atoms with Gasteiger partial charge in [0.05, 0.1) is 16.7 Å². The molecule has 2 aromatic heterocycles. The Morgan fingerprint density at radius 2 is 1.82 bits per heavy atom. The maximum atomic E-state index is 13.0. The number of hydrogen-bond acceptors (Lipinski definition) is 8. The predicted molar refractivity (Wildman–Crippen MR) is 118 cm³/mol. The number of hydrogen-bond donors (Lipinski definition) is 1. The van der Waals surface area contributed by atoms with Gasteiger partial charge < -0.3 is 19.7 Å². The van der Waals surface area contributed by atoms with E-state index in [1.807, 2.05) is 18.2 Å². The van der Waals surface area contributed by atoms with E-state index in [0.717, 1.165) is 0 Å². The summed E-state index contributed by atoms with van der Waals surface area (Å²) in [6, 6.07) is 13.1. The number of benzene rings is 2. The van der Waals surface area contributed by atoms with Crippen LogP contribution in [0.25, 0.3) is 11.0 Å². The molecule has 0 unspecified atom stereocenters. The fraction of sp³-hybridized carbons (Fsp3) is 0.130. The first kappa shape index (κ1) is 20.3. The molecule has 0 spiro atoms. The van der Waals surface area contributed by atoms with Crippen LogP contribution in [0.5, 0.6) is 17.4 Å². The van der Waals surface area contributed by atoms with Crippen molar-refractivity contribution in [2.75, 3.05) is 18.6 Å². The van der Waals surface area contributed by atoms with Gasteiger partial charge in [-0.05, 0) is 18.2 Å². The molecule has 0 radical (unpaired) electrons. The van der Waals surface area contributed by atoms with Gasteiger partial charge in [0.25, 0.3) is 11.8 Å². The first-order chi connectivity index (χ1) is 16.1. The lowest BCUT2D eigenvalue weighted by Gasteiger charge is -2.20. The van der Waals surface area contributed by atoms with E-state index in [-0.39, 0.29) is 24.2 Å². The molecule has 3 heterocycles. The highest BCUT2D eigenvalue weighted by atomic mass is 16.5. The number of likely N-dealkylation sites (N-methyl/N-ethyl adjacent to an activating group) is 1. The zero-order valence-corrected chi connectivity index (χ0v) is 17.5. The molecule has 164 valence electrons. The van der Waals surface area contributed by atoms with Crippen LogP contribution in [0.15, 0.2) is 67.1 Å². The van der Waals surface area contributed by atoms with Crippen molar-refractivity contribution in [1.29, 1.82) is 0 Å². The number of carbonyl (C=O) groups excluding carboxylic acids is 2. The second-order valence-electron chi connectivity index (χ2n) is 7.23. The third kappa shape index (κ3) is 4.13. The van der Waals surface area contributed by atoms with E-state index in [1.165, 1.54) is 11.1 Å². The number of amides is 2. The first-order valence-corrected chi connectivity index (χ1v) is 10.1. The SMILES string of the molecule is CN1C(=O)[C@@H](NC(=O)c2nccc(Oc3ccccc3)n2)COc2cc3nccnc3cc21. The van der Waals surface area contributed by atoms with Gasteiger partial charge >= 0.3 is 0 Å². The van der Waals surface area contributed by atoms with E-state index < -0.39 is 11.9 Å². The van der Waals surface area contributed by atoms with Crippen molar-refractivity contribution in [2.24, 2.45) is 0 Å². The standard InChI is InChI=1S/C23H18N6O4/c1-29-18-11-15-16(25-10-9-24-15)12-19(18)32-13-17(23(29)31)27-22(30)21-26-8-7-20(28-21)33-14-5-3-2-4-6-14/h2-12,17H,13H2,1H3,(H,27,30)/t17-/m0/s1. The van der Waals surface area contributed by atoms with Crippen molar-refractivity contribution in [3.05, 3.63) is 72.9 Å². The van der Waals surface area contributed by atoms with E-state index in [0.29, 0.717) is 28.2 Å². The van der Waals surface area contributed by atoms with Gasteiger partial charge in [0.15, 0.2) is 0 Å². The number of anilines is 1. The molecular formula is C23H18N6O4. The van der Waals surface area contributed by atoms with E-state index in [2.05, 4.69) is 25.3 Å². The molecule has 1 N–H and O–H groups in total. The molecule has 0 fully saturated rings. The van der Waals surface area contributed by atoms with Crippen LogP contribution in [-0.4, -0.2) is 51.4 Å². The summed E-state index contributed by atoms with van der Waals surface area (Å²) in [7, 11) is 1.61. The summed E-state index contributed by atoms with van der Waals surface area (Å²) in [5.41, 5.74) is 1.81. The van der Waals surface area contributed by atoms with Crippen LogP contribution in [0, 0.1) is 0 Å². The Balaban J connectivity index is 1.34. The second-order valence-corrected chi connectivity index (χ2v) is 7.23. The molecule has 0 saturated heterocycles. The van der Waals surface area contributed by atoms with Crippen molar-refractivity contribution in [2.45, 2.75) is 6.04 Å². The van der Waals surface area contributed by atoms with Gasteiger partial charge in [0.1, 0.15) is 24.1 Å². The van der Waals surface area contributed by atoms with Crippen molar-refractivity contribution in [3.63, 3.8) is 0 Å². The van der Waals surface area contributed by atoms with Crippen LogP contribution in [0.2, 0.25) is 0 Å². The molecule has 0 bridgehead atoms. The quantitative estimate of drug-likeness (QED) is 0.512. The average molecular weight is 442 g/mol. The number of nitrogens with zero attached hydrogens (tertiary/aromatic N) is 5. The van der Waals surface area contributed by atoms with Crippen LogP contribution in [0.1, 0.15) is 10.6 Å². The van der Waals surface area contributed by atoms with Crippen LogP contribution in [0.4, 0.5) is 5.69 Å². The lowest BCUT2D eigenvalue weighted by Crippen LogP contribution is -2.49. The molecule has 0 saturated carbocycles. The monoisotopic (exact) mass is 442 g/mol. The summed E-state index contributed by atoms with van der Waals surface area (Å²) < 4.78 is 11.5. The summed E-state index contributed by atoms with van der Waals surface area (Å²) in [5.74, 6) is 0.168. The van der Waals surface area contributed by atoms with Crippen molar-refractivity contribution < 1.29 is 19.1 Å². The minimum atomic E-state index is -0.943. The number of nitrogens with one attached hydrogen (secondary N) is 1. The molecule has 33 heavy (non-hydrogen) atoms. The van der Waals surface area contributed by atoms with Crippen LogP contribution in [0.3, 0.4) is 0 Å². The summed E-state index contributed by atoms with van der Waals surface area (Å²) in [6.45, 7) is -0.0616.